The lowest BCUT2D eigenvalue weighted by Gasteiger charge is -2.33. The first kappa shape index (κ1) is 47.4. The van der Waals surface area contributed by atoms with E-state index in [0.29, 0.717) is 6.17 Å². The Labute approximate surface area is 318 Å². The van der Waals surface area contributed by atoms with E-state index >= 15 is 0 Å². The molecule has 0 bridgehead atoms. The Bertz CT molecular complexity index is 659. The summed E-state index contributed by atoms with van der Waals surface area (Å²) in [4.78, 5) is 5.47. The second-order valence-corrected chi connectivity index (χ2v) is 16.8. The molecule has 1 aliphatic rings. The van der Waals surface area contributed by atoms with Crippen LogP contribution < -0.4 is 0 Å². The van der Waals surface area contributed by atoms with Gasteiger partial charge in [-0.3, -0.25) is 0 Å². The van der Waals surface area contributed by atoms with E-state index in [4.69, 9.17) is 0 Å². The minimum atomic E-state index is 0.637. The Balaban J connectivity index is 2.17. The lowest BCUT2D eigenvalue weighted by molar-refractivity contribution is 0.135. The van der Waals surface area contributed by atoms with E-state index < -0.39 is 0 Å². The molecule has 1 aliphatic heterocycles. The summed E-state index contributed by atoms with van der Waals surface area (Å²) in [7, 11) is 0. The molecule has 1 unspecified atom stereocenters. The van der Waals surface area contributed by atoms with Crippen LogP contribution in [-0.4, -0.2) is 29.1 Å². The summed E-state index contributed by atoms with van der Waals surface area (Å²) in [6.07, 6.45) is 63.4. The first-order valence-electron chi connectivity index (χ1n) is 24.0. The van der Waals surface area contributed by atoms with Crippen molar-refractivity contribution in [1.82, 2.24) is 9.80 Å². The predicted molar refractivity (Wildman–Crippen MR) is 228 cm³/mol. The average Bonchev–Trinajstić information content (AvgIpc) is 3.51. The van der Waals surface area contributed by atoms with E-state index in [1.54, 1.807) is 0 Å². The minimum absolute atomic E-state index is 0.637. The monoisotopic (exact) mass is 701 g/mol. The summed E-state index contributed by atoms with van der Waals surface area (Å²) >= 11 is 0. The quantitative estimate of drug-likeness (QED) is 0.0585. The van der Waals surface area contributed by atoms with Crippen LogP contribution in [-0.2, 0) is 0 Å². The zero-order valence-electron chi connectivity index (χ0n) is 35.3. The SMILES string of the molecule is CCCCCCCCCCCCCCCCCCCN1C=CN(CCCCCCCCCCC)C1CCCCCCCCCCCCCCC. The van der Waals surface area contributed by atoms with Gasteiger partial charge in [-0.2, -0.15) is 0 Å². The highest BCUT2D eigenvalue weighted by atomic mass is 15.4. The minimum Gasteiger partial charge on any atom is -0.356 e. The number of hydrogen-bond acceptors (Lipinski definition) is 2. The van der Waals surface area contributed by atoms with Crippen molar-refractivity contribution in [3.63, 3.8) is 0 Å². The topological polar surface area (TPSA) is 6.48 Å². The number of unbranched alkanes of at least 4 members (excludes halogenated alkanes) is 36. The van der Waals surface area contributed by atoms with Gasteiger partial charge in [-0.15, -0.1) is 0 Å². The van der Waals surface area contributed by atoms with Crippen LogP contribution in [0, 0.1) is 0 Å². The lowest BCUT2D eigenvalue weighted by atomic mass is 10.0. The molecule has 2 heteroatoms. The molecule has 0 saturated heterocycles. The molecule has 0 N–H and O–H groups in total. The Kier molecular flexibility index (Phi) is 37.5. The summed E-state index contributed by atoms with van der Waals surface area (Å²) in [6.45, 7) is 9.49. The molecule has 2 nitrogen and oxygen atoms in total. The van der Waals surface area contributed by atoms with Gasteiger partial charge >= 0.3 is 0 Å². The van der Waals surface area contributed by atoms with Gasteiger partial charge in [-0.25, -0.2) is 0 Å². The third-order valence-electron chi connectivity index (χ3n) is 11.8. The van der Waals surface area contributed by atoms with Gasteiger partial charge in [-0.05, 0) is 25.7 Å². The van der Waals surface area contributed by atoms with E-state index in [0.717, 1.165) is 0 Å². The normalized spacial score (nSPS) is 14.5. The third-order valence-corrected chi connectivity index (χ3v) is 11.8. The summed E-state index contributed by atoms with van der Waals surface area (Å²) in [6, 6.07) is 0. The molecule has 0 aromatic carbocycles. The molecular weight excluding hydrogens is 605 g/mol. The van der Waals surface area contributed by atoms with Crippen molar-refractivity contribution >= 4 is 0 Å². The maximum absolute atomic E-state index is 2.74. The second-order valence-electron chi connectivity index (χ2n) is 16.8. The van der Waals surface area contributed by atoms with Gasteiger partial charge in [0.1, 0.15) is 6.17 Å². The van der Waals surface area contributed by atoms with Gasteiger partial charge in [0, 0.05) is 25.5 Å². The van der Waals surface area contributed by atoms with Crippen molar-refractivity contribution in [2.45, 2.75) is 284 Å². The summed E-state index contributed by atoms with van der Waals surface area (Å²) < 4.78 is 0. The van der Waals surface area contributed by atoms with Gasteiger partial charge < -0.3 is 9.80 Å². The molecule has 1 rings (SSSR count). The molecule has 0 aliphatic carbocycles. The molecule has 1 heterocycles. The van der Waals surface area contributed by atoms with Crippen LogP contribution in [0.4, 0.5) is 0 Å². The van der Waals surface area contributed by atoms with Gasteiger partial charge in [-0.1, -0.05) is 252 Å². The van der Waals surface area contributed by atoms with Crippen molar-refractivity contribution in [1.29, 1.82) is 0 Å². The molecule has 0 aromatic heterocycles. The van der Waals surface area contributed by atoms with Gasteiger partial charge in [0.05, 0.1) is 0 Å². The summed E-state index contributed by atoms with van der Waals surface area (Å²) in [5, 5.41) is 0. The maximum atomic E-state index is 2.74. The summed E-state index contributed by atoms with van der Waals surface area (Å²) in [5.41, 5.74) is 0. The number of nitrogens with zero attached hydrogens (tertiary/aromatic N) is 2. The van der Waals surface area contributed by atoms with E-state index in [1.165, 1.54) is 270 Å². The lowest BCUT2D eigenvalue weighted by Crippen LogP contribution is -2.39. The Morgan fingerprint density at radius 1 is 0.260 bits per heavy atom. The van der Waals surface area contributed by atoms with E-state index in [9.17, 15) is 0 Å². The predicted octanol–water partition coefficient (Wildman–Crippen LogP) is 17.1. The molecule has 0 aromatic rings. The van der Waals surface area contributed by atoms with E-state index in [1.807, 2.05) is 0 Å². The molecule has 0 fully saturated rings. The molecule has 0 radical (unpaired) electrons. The van der Waals surface area contributed by atoms with Crippen LogP contribution in [0.1, 0.15) is 278 Å². The van der Waals surface area contributed by atoms with Crippen molar-refractivity contribution in [2.75, 3.05) is 13.1 Å². The Morgan fingerprint density at radius 3 is 0.700 bits per heavy atom. The van der Waals surface area contributed by atoms with Crippen LogP contribution in [0.25, 0.3) is 0 Å². The van der Waals surface area contributed by atoms with Crippen molar-refractivity contribution < 1.29 is 0 Å². The van der Waals surface area contributed by atoms with Crippen LogP contribution in [0.15, 0.2) is 12.4 Å². The second kappa shape index (κ2) is 39.5. The fraction of sp³-hybridized carbons (Fsp3) is 0.958. The molecule has 50 heavy (non-hydrogen) atoms. The zero-order valence-corrected chi connectivity index (χ0v) is 35.3. The van der Waals surface area contributed by atoms with E-state index in [-0.39, 0.29) is 0 Å². The van der Waals surface area contributed by atoms with E-state index in [2.05, 4.69) is 43.0 Å². The maximum Gasteiger partial charge on any atom is 0.101 e. The highest BCUT2D eigenvalue weighted by Gasteiger charge is 2.24. The van der Waals surface area contributed by atoms with Crippen LogP contribution in [0.2, 0.25) is 0 Å². The van der Waals surface area contributed by atoms with Crippen LogP contribution in [0.3, 0.4) is 0 Å². The highest BCUT2D eigenvalue weighted by Crippen LogP contribution is 2.24. The number of hydrogen-bond donors (Lipinski definition) is 0. The largest absolute Gasteiger partial charge is 0.356 e. The van der Waals surface area contributed by atoms with Crippen LogP contribution >= 0.6 is 0 Å². The molecule has 1 atom stereocenters. The Hall–Kier alpha value is -0.660. The molecule has 0 spiro atoms. The van der Waals surface area contributed by atoms with Gasteiger partial charge in [0.2, 0.25) is 0 Å². The molecule has 0 saturated carbocycles. The van der Waals surface area contributed by atoms with Crippen molar-refractivity contribution in [3.05, 3.63) is 12.4 Å². The Morgan fingerprint density at radius 2 is 0.460 bits per heavy atom. The van der Waals surface area contributed by atoms with Crippen molar-refractivity contribution in [2.24, 2.45) is 0 Å². The fourth-order valence-electron chi connectivity index (χ4n) is 8.31. The van der Waals surface area contributed by atoms with Crippen LogP contribution in [0.5, 0.6) is 0 Å². The highest BCUT2D eigenvalue weighted by molar-refractivity contribution is 4.97. The molecular formula is C48H96N2. The van der Waals surface area contributed by atoms with Crippen molar-refractivity contribution in [3.8, 4) is 0 Å². The van der Waals surface area contributed by atoms with Gasteiger partial charge in [0.25, 0.3) is 0 Å². The molecule has 0 amide bonds. The first-order chi connectivity index (χ1) is 24.8. The standard InChI is InChI=1S/C48H96N2/c1-4-7-10-13-16-19-21-23-24-25-26-28-30-33-36-39-42-45-50-47-46-49(44-41-38-35-32-18-15-12-9-6-3)48(50)43-40-37-34-31-29-27-22-20-17-14-11-8-5-2/h46-48H,4-45H2,1-3H3. The fourth-order valence-corrected chi connectivity index (χ4v) is 8.31. The third kappa shape index (κ3) is 30.9. The number of rotatable bonds is 42. The smallest absolute Gasteiger partial charge is 0.101 e. The first-order valence-corrected chi connectivity index (χ1v) is 24.0. The molecule has 298 valence electrons. The van der Waals surface area contributed by atoms with Gasteiger partial charge in [0.15, 0.2) is 0 Å². The summed E-state index contributed by atoms with van der Waals surface area (Å²) in [5.74, 6) is 0. The zero-order chi connectivity index (χ0) is 35.8. The average molecular weight is 701 g/mol.